The van der Waals surface area contributed by atoms with Crippen molar-refractivity contribution in [1.29, 1.82) is 0 Å². The Kier molecular flexibility index (Phi) is 10.6. The highest BCUT2D eigenvalue weighted by Gasteiger charge is 2.26. The minimum absolute atomic E-state index is 0.00764. The Hall–Kier alpha value is -2.04. The van der Waals surface area contributed by atoms with Crippen LogP contribution in [0, 0.1) is 0 Å². The van der Waals surface area contributed by atoms with Gasteiger partial charge in [0.25, 0.3) is 5.91 Å². The van der Waals surface area contributed by atoms with Gasteiger partial charge in [-0.3, -0.25) is 9.59 Å². The molecule has 0 radical (unpaired) electrons. The van der Waals surface area contributed by atoms with Crippen molar-refractivity contribution in [3.05, 3.63) is 50.9 Å². The van der Waals surface area contributed by atoms with E-state index in [1.54, 1.807) is 24.6 Å². The molecule has 0 atom stereocenters. The molecule has 0 bridgehead atoms. The molecular formula is C23H30ClN3O5S. The summed E-state index contributed by atoms with van der Waals surface area (Å²) in [7, 11) is 1.62. The van der Waals surface area contributed by atoms with Crippen molar-refractivity contribution in [1.82, 2.24) is 15.2 Å². The Balaban J connectivity index is 1.36. The van der Waals surface area contributed by atoms with Crippen LogP contribution in [0.15, 0.2) is 29.6 Å². The zero-order chi connectivity index (χ0) is 23.5. The van der Waals surface area contributed by atoms with Crippen LogP contribution in [0.5, 0.6) is 0 Å². The van der Waals surface area contributed by atoms with Gasteiger partial charge in [-0.1, -0.05) is 23.7 Å². The first-order valence-electron chi connectivity index (χ1n) is 11.0. The van der Waals surface area contributed by atoms with Crippen molar-refractivity contribution >= 4 is 34.8 Å². The number of likely N-dealkylation sites (tertiary alicyclic amines) is 1. The van der Waals surface area contributed by atoms with Crippen molar-refractivity contribution in [2.45, 2.75) is 25.3 Å². The number of aromatic nitrogens is 1. The van der Waals surface area contributed by atoms with E-state index in [0.717, 1.165) is 23.4 Å². The number of piperidine rings is 1. The number of thiazole rings is 1. The zero-order valence-corrected chi connectivity index (χ0v) is 20.3. The number of halogens is 1. The maximum Gasteiger partial charge on any atom is 0.271 e. The van der Waals surface area contributed by atoms with Crippen molar-refractivity contribution in [2.75, 3.05) is 53.2 Å². The molecule has 0 saturated carbocycles. The molecule has 180 valence electrons. The largest absolute Gasteiger partial charge is 0.382 e. The summed E-state index contributed by atoms with van der Waals surface area (Å²) >= 11 is 7.39. The fourth-order valence-corrected chi connectivity index (χ4v) is 4.54. The molecule has 2 aromatic rings. The third-order valence-electron chi connectivity index (χ3n) is 5.35. The lowest BCUT2D eigenvalue weighted by atomic mass is 9.97. The Morgan fingerprint density at radius 2 is 1.82 bits per heavy atom. The smallest absolute Gasteiger partial charge is 0.271 e. The van der Waals surface area contributed by atoms with Crippen molar-refractivity contribution in [3.8, 4) is 0 Å². The van der Waals surface area contributed by atoms with Gasteiger partial charge in [0.2, 0.25) is 5.91 Å². The molecule has 0 aliphatic carbocycles. The molecule has 0 unspecified atom stereocenters. The Bertz CT molecular complexity index is 884. The van der Waals surface area contributed by atoms with Gasteiger partial charge in [-0.15, -0.1) is 11.3 Å². The first-order chi connectivity index (χ1) is 16.1. The summed E-state index contributed by atoms with van der Waals surface area (Å²) in [6.07, 6.45) is 1.65. The number of carbonyl (C=O) groups is 2. The average molecular weight is 496 g/mol. The summed E-state index contributed by atoms with van der Waals surface area (Å²) in [6, 6.07) is 7.36. The third-order valence-corrected chi connectivity index (χ3v) is 6.61. The van der Waals surface area contributed by atoms with E-state index < -0.39 is 0 Å². The normalized spacial score (nSPS) is 14.4. The minimum atomic E-state index is -0.191. The number of benzene rings is 1. The molecule has 1 aliphatic rings. The minimum Gasteiger partial charge on any atom is -0.382 e. The highest BCUT2D eigenvalue weighted by molar-refractivity contribution is 7.09. The number of carbonyl (C=O) groups excluding carboxylic acids is 2. The number of ether oxygens (including phenoxy) is 3. The second kappa shape index (κ2) is 13.6. The van der Waals surface area contributed by atoms with Crippen LogP contribution in [0.25, 0.3) is 0 Å². The standard InChI is InChI=1S/C23H30ClN3O5S/c1-30-10-11-31-12-13-32-15-21(28)27-8-6-18(7-9-27)23-26-20(16-33-23)22(29)25-14-17-2-4-19(24)5-3-17/h2-5,16,18H,6-15H2,1H3,(H,25,29). The summed E-state index contributed by atoms with van der Waals surface area (Å²) in [4.78, 5) is 31.2. The van der Waals surface area contributed by atoms with Crippen LogP contribution >= 0.6 is 22.9 Å². The Morgan fingerprint density at radius 3 is 2.55 bits per heavy atom. The molecule has 1 aliphatic heterocycles. The topological polar surface area (TPSA) is 90.0 Å². The van der Waals surface area contributed by atoms with Gasteiger partial charge in [0.15, 0.2) is 0 Å². The van der Waals surface area contributed by atoms with Gasteiger partial charge in [-0.05, 0) is 30.5 Å². The number of hydrogen-bond donors (Lipinski definition) is 1. The van der Waals surface area contributed by atoms with Gasteiger partial charge in [0, 0.05) is 43.1 Å². The predicted molar refractivity (Wildman–Crippen MR) is 127 cm³/mol. The van der Waals surface area contributed by atoms with Crippen LogP contribution in [-0.2, 0) is 25.5 Å². The van der Waals surface area contributed by atoms with Gasteiger partial charge in [0.05, 0.1) is 31.4 Å². The second-order valence-electron chi connectivity index (χ2n) is 7.69. The van der Waals surface area contributed by atoms with Crippen LogP contribution in [0.4, 0.5) is 0 Å². The van der Waals surface area contributed by atoms with Crippen molar-refractivity contribution in [2.24, 2.45) is 0 Å². The molecule has 1 aromatic carbocycles. The third kappa shape index (κ3) is 8.35. The summed E-state index contributed by atoms with van der Waals surface area (Å²) in [5, 5.41) is 6.30. The molecule has 1 aromatic heterocycles. The monoisotopic (exact) mass is 495 g/mol. The SMILES string of the molecule is COCCOCCOCC(=O)N1CCC(c2nc(C(=O)NCc3ccc(Cl)cc3)cs2)CC1. The van der Waals surface area contributed by atoms with Gasteiger partial charge in [-0.25, -0.2) is 4.98 Å². The van der Waals surface area contributed by atoms with Crippen LogP contribution in [0.3, 0.4) is 0 Å². The van der Waals surface area contributed by atoms with Gasteiger partial charge >= 0.3 is 0 Å². The Labute approximate surface area is 203 Å². The highest BCUT2D eigenvalue weighted by atomic mass is 35.5. The maximum atomic E-state index is 12.4. The highest BCUT2D eigenvalue weighted by Crippen LogP contribution is 2.30. The van der Waals surface area contributed by atoms with Crippen molar-refractivity contribution < 1.29 is 23.8 Å². The number of nitrogens with zero attached hydrogens (tertiary/aromatic N) is 2. The van der Waals surface area contributed by atoms with E-state index in [1.807, 2.05) is 17.0 Å². The molecule has 1 fully saturated rings. The van der Waals surface area contributed by atoms with Crippen molar-refractivity contribution in [3.63, 3.8) is 0 Å². The van der Waals surface area contributed by atoms with Crippen LogP contribution in [0.2, 0.25) is 5.02 Å². The number of nitrogens with one attached hydrogen (secondary N) is 1. The zero-order valence-electron chi connectivity index (χ0n) is 18.8. The lowest BCUT2D eigenvalue weighted by Crippen LogP contribution is -2.40. The molecule has 2 amide bonds. The first-order valence-corrected chi connectivity index (χ1v) is 12.2. The summed E-state index contributed by atoms with van der Waals surface area (Å²) in [5.41, 5.74) is 1.41. The number of hydrogen-bond acceptors (Lipinski definition) is 7. The molecule has 1 saturated heterocycles. The quantitative estimate of drug-likeness (QED) is 0.455. The molecule has 33 heavy (non-hydrogen) atoms. The van der Waals surface area contributed by atoms with Crippen LogP contribution in [0.1, 0.15) is 39.8 Å². The molecular weight excluding hydrogens is 466 g/mol. The fraction of sp³-hybridized carbons (Fsp3) is 0.522. The van der Waals surface area contributed by atoms with E-state index in [9.17, 15) is 9.59 Å². The number of amides is 2. The first kappa shape index (κ1) is 25.6. The molecule has 3 rings (SSSR count). The van der Waals surface area contributed by atoms with E-state index in [1.165, 1.54) is 11.3 Å². The molecule has 0 spiro atoms. The van der Waals surface area contributed by atoms with E-state index >= 15 is 0 Å². The number of methoxy groups -OCH3 is 1. The molecule has 10 heteroatoms. The predicted octanol–water partition coefficient (Wildman–Crippen LogP) is 3.11. The van der Waals surface area contributed by atoms with Crippen LogP contribution in [-0.4, -0.2) is 74.9 Å². The molecule has 1 N–H and O–H groups in total. The lowest BCUT2D eigenvalue weighted by molar-refractivity contribution is -0.137. The fourth-order valence-electron chi connectivity index (χ4n) is 3.44. The summed E-state index contributed by atoms with van der Waals surface area (Å²) in [5.74, 6) is 0.0575. The van der Waals surface area contributed by atoms with E-state index in [2.05, 4.69) is 10.3 Å². The van der Waals surface area contributed by atoms with E-state index in [4.69, 9.17) is 25.8 Å². The number of rotatable bonds is 12. The average Bonchev–Trinajstić information content (AvgIpc) is 3.33. The van der Waals surface area contributed by atoms with Crippen LogP contribution < -0.4 is 5.32 Å². The molecule has 8 nitrogen and oxygen atoms in total. The second-order valence-corrected chi connectivity index (χ2v) is 9.02. The van der Waals surface area contributed by atoms with E-state index in [0.29, 0.717) is 56.8 Å². The summed E-state index contributed by atoms with van der Waals surface area (Å²) in [6.45, 7) is 3.70. The van der Waals surface area contributed by atoms with Gasteiger partial charge in [0.1, 0.15) is 12.3 Å². The van der Waals surface area contributed by atoms with Gasteiger partial charge < -0.3 is 24.4 Å². The summed E-state index contributed by atoms with van der Waals surface area (Å²) < 4.78 is 15.6. The lowest BCUT2D eigenvalue weighted by Gasteiger charge is -2.31. The van der Waals surface area contributed by atoms with E-state index in [-0.39, 0.29) is 24.3 Å². The molecule has 2 heterocycles. The maximum absolute atomic E-state index is 12.4. The Morgan fingerprint density at radius 1 is 1.12 bits per heavy atom. The van der Waals surface area contributed by atoms with Gasteiger partial charge in [-0.2, -0.15) is 0 Å².